The molecule has 0 aliphatic carbocycles. The van der Waals surface area contributed by atoms with Gasteiger partial charge in [-0.3, -0.25) is 9.59 Å². The molecule has 0 aromatic heterocycles. The first-order valence-corrected chi connectivity index (χ1v) is 12.0. The van der Waals surface area contributed by atoms with E-state index < -0.39 is 6.04 Å². The second-order valence-corrected chi connectivity index (χ2v) is 8.83. The Bertz CT molecular complexity index is 846. The first-order chi connectivity index (χ1) is 14.9. The summed E-state index contributed by atoms with van der Waals surface area (Å²) in [5, 5.41) is 3.34. The summed E-state index contributed by atoms with van der Waals surface area (Å²) < 4.78 is 14.0. The normalized spacial score (nSPS) is 12.8. The number of nitrogens with one attached hydrogen (secondary N) is 1. The zero-order chi connectivity index (χ0) is 22.8. The lowest BCUT2D eigenvalue weighted by Crippen LogP contribution is -2.51. The van der Waals surface area contributed by atoms with Crippen LogP contribution in [0.2, 0.25) is 5.02 Å². The molecular formula is C24H30ClFN2O2S. The number of halogens is 2. The lowest BCUT2D eigenvalue weighted by atomic mass is 10.1. The number of carbonyl (C=O) groups is 2. The number of amides is 2. The van der Waals surface area contributed by atoms with Crippen LogP contribution in [-0.2, 0) is 21.9 Å². The quantitative estimate of drug-likeness (QED) is 0.482. The Morgan fingerprint density at radius 2 is 1.81 bits per heavy atom. The Morgan fingerprint density at radius 3 is 2.42 bits per heavy atom. The van der Waals surface area contributed by atoms with E-state index in [0.717, 1.165) is 12.0 Å². The van der Waals surface area contributed by atoms with Crippen LogP contribution in [0.15, 0.2) is 48.5 Å². The molecule has 0 bridgehead atoms. The van der Waals surface area contributed by atoms with Gasteiger partial charge in [-0.25, -0.2) is 4.39 Å². The van der Waals surface area contributed by atoms with Crippen molar-refractivity contribution in [2.75, 3.05) is 5.75 Å². The molecule has 0 aliphatic heterocycles. The van der Waals surface area contributed by atoms with Crippen molar-refractivity contribution >= 4 is 35.2 Å². The minimum absolute atomic E-state index is 0.0350. The molecule has 2 atom stereocenters. The van der Waals surface area contributed by atoms with Crippen LogP contribution in [0.1, 0.15) is 44.7 Å². The van der Waals surface area contributed by atoms with E-state index in [1.54, 1.807) is 17.0 Å². The molecule has 1 N–H and O–H groups in total. The number of benzene rings is 2. The molecule has 0 spiro atoms. The summed E-state index contributed by atoms with van der Waals surface area (Å²) in [4.78, 5) is 27.7. The summed E-state index contributed by atoms with van der Waals surface area (Å²) in [7, 11) is 0. The van der Waals surface area contributed by atoms with Crippen LogP contribution in [-0.4, -0.2) is 34.6 Å². The Labute approximate surface area is 193 Å². The van der Waals surface area contributed by atoms with Gasteiger partial charge in [0.2, 0.25) is 11.8 Å². The smallest absolute Gasteiger partial charge is 0.243 e. The summed E-state index contributed by atoms with van der Waals surface area (Å²) in [6.45, 7) is 6.19. The van der Waals surface area contributed by atoms with Gasteiger partial charge < -0.3 is 10.2 Å². The lowest BCUT2D eigenvalue weighted by Gasteiger charge is -2.31. The van der Waals surface area contributed by atoms with Crippen LogP contribution in [0.4, 0.5) is 4.39 Å². The van der Waals surface area contributed by atoms with Crippen LogP contribution < -0.4 is 5.32 Å². The second kappa shape index (κ2) is 12.7. The number of thioether (sulfide) groups is 1. The van der Waals surface area contributed by atoms with Gasteiger partial charge in [-0.1, -0.05) is 61.8 Å². The highest BCUT2D eigenvalue weighted by atomic mass is 35.5. The van der Waals surface area contributed by atoms with E-state index in [1.165, 1.54) is 17.8 Å². The van der Waals surface area contributed by atoms with E-state index in [-0.39, 0.29) is 35.2 Å². The second-order valence-electron chi connectivity index (χ2n) is 7.44. The predicted molar refractivity (Wildman–Crippen MR) is 127 cm³/mol. The number of hydrogen-bond acceptors (Lipinski definition) is 3. The van der Waals surface area contributed by atoms with Crippen molar-refractivity contribution in [2.45, 2.75) is 58.0 Å². The van der Waals surface area contributed by atoms with E-state index in [1.807, 2.05) is 51.1 Å². The molecule has 2 amide bonds. The third-order valence-electron chi connectivity index (χ3n) is 5.12. The van der Waals surface area contributed by atoms with Gasteiger partial charge in [-0.15, -0.1) is 11.8 Å². The third kappa shape index (κ3) is 7.54. The zero-order valence-electron chi connectivity index (χ0n) is 18.2. The van der Waals surface area contributed by atoms with Crippen molar-refractivity contribution in [2.24, 2.45) is 0 Å². The minimum atomic E-state index is -0.570. The molecule has 0 saturated carbocycles. The Morgan fingerprint density at radius 1 is 1.10 bits per heavy atom. The molecule has 4 nitrogen and oxygen atoms in total. The Kier molecular flexibility index (Phi) is 10.3. The van der Waals surface area contributed by atoms with Crippen LogP contribution in [0, 0.1) is 5.82 Å². The summed E-state index contributed by atoms with van der Waals surface area (Å²) in [5.41, 5.74) is 1.34. The highest BCUT2D eigenvalue weighted by Crippen LogP contribution is 2.24. The largest absolute Gasteiger partial charge is 0.352 e. The van der Waals surface area contributed by atoms with Crippen molar-refractivity contribution in [1.29, 1.82) is 0 Å². The molecule has 0 unspecified atom stereocenters. The average molecular weight is 465 g/mol. The van der Waals surface area contributed by atoms with Crippen LogP contribution in [0.5, 0.6) is 0 Å². The predicted octanol–water partition coefficient (Wildman–Crippen LogP) is 5.43. The summed E-state index contributed by atoms with van der Waals surface area (Å²) >= 11 is 7.38. The fourth-order valence-corrected chi connectivity index (χ4v) is 4.38. The van der Waals surface area contributed by atoms with Crippen molar-refractivity contribution in [3.05, 3.63) is 70.5 Å². The standard InChI is InChI=1S/C24H30ClFN2O2S/c1-4-17(3)27-24(30)22(5-2)28(14-18-10-7-6-8-11-18)23(29)16-31-15-19-20(25)12-9-13-21(19)26/h6-13,17,22H,4-5,14-16H2,1-3H3,(H,27,30)/t17-,22-/m0/s1. The highest BCUT2D eigenvalue weighted by molar-refractivity contribution is 7.99. The molecule has 2 aromatic carbocycles. The lowest BCUT2D eigenvalue weighted by molar-refractivity contribution is -0.139. The maximum Gasteiger partial charge on any atom is 0.243 e. The van der Waals surface area contributed by atoms with E-state index in [0.29, 0.717) is 23.6 Å². The fourth-order valence-electron chi connectivity index (χ4n) is 3.13. The van der Waals surface area contributed by atoms with E-state index in [4.69, 9.17) is 11.6 Å². The van der Waals surface area contributed by atoms with Crippen LogP contribution >= 0.6 is 23.4 Å². The zero-order valence-corrected chi connectivity index (χ0v) is 19.8. The molecule has 7 heteroatoms. The maximum atomic E-state index is 14.0. The first-order valence-electron chi connectivity index (χ1n) is 10.5. The van der Waals surface area contributed by atoms with Gasteiger partial charge in [0.05, 0.1) is 5.75 Å². The van der Waals surface area contributed by atoms with Gasteiger partial charge in [-0.2, -0.15) is 0 Å². The molecule has 168 valence electrons. The number of rotatable bonds is 11. The molecule has 0 fully saturated rings. The minimum Gasteiger partial charge on any atom is -0.352 e. The SMILES string of the molecule is CC[C@H](C)NC(=O)[C@H](CC)N(Cc1ccccc1)C(=O)CSCc1c(F)cccc1Cl. The summed E-state index contributed by atoms with van der Waals surface area (Å²) in [6.07, 6.45) is 1.32. The average Bonchev–Trinajstić information content (AvgIpc) is 2.76. The van der Waals surface area contributed by atoms with Gasteiger partial charge in [0.25, 0.3) is 0 Å². The summed E-state index contributed by atoms with van der Waals surface area (Å²) in [5.74, 6) is -0.277. The summed E-state index contributed by atoms with van der Waals surface area (Å²) in [6, 6.07) is 13.6. The molecule has 31 heavy (non-hydrogen) atoms. The number of hydrogen-bond donors (Lipinski definition) is 1. The third-order valence-corrected chi connectivity index (χ3v) is 6.41. The van der Waals surface area contributed by atoms with Crippen molar-refractivity contribution in [3.8, 4) is 0 Å². The van der Waals surface area contributed by atoms with E-state index in [9.17, 15) is 14.0 Å². The van der Waals surface area contributed by atoms with Crippen molar-refractivity contribution < 1.29 is 14.0 Å². The number of carbonyl (C=O) groups excluding carboxylic acids is 2. The maximum absolute atomic E-state index is 14.0. The van der Waals surface area contributed by atoms with E-state index in [2.05, 4.69) is 5.32 Å². The van der Waals surface area contributed by atoms with Gasteiger partial charge in [0, 0.05) is 28.9 Å². The van der Waals surface area contributed by atoms with Crippen LogP contribution in [0.25, 0.3) is 0 Å². The molecule has 0 saturated heterocycles. The fraction of sp³-hybridized carbons (Fsp3) is 0.417. The molecule has 0 aliphatic rings. The van der Waals surface area contributed by atoms with E-state index >= 15 is 0 Å². The topological polar surface area (TPSA) is 49.4 Å². The van der Waals surface area contributed by atoms with Gasteiger partial charge in [0.15, 0.2) is 0 Å². The molecule has 2 aromatic rings. The monoisotopic (exact) mass is 464 g/mol. The number of nitrogens with zero attached hydrogens (tertiary/aromatic N) is 1. The Hall–Kier alpha value is -2.05. The van der Waals surface area contributed by atoms with Crippen molar-refractivity contribution in [1.82, 2.24) is 10.2 Å². The van der Waals surface area contributed by atoms with Crippen LogP contribution in [0.3, 0.4) is 0 Å². The first kappa shape index (κ1) is 25.2. The molecule has 0 radical (unpaired) electrons. The highest BCUT2D eigenvalue weighted by Gasteiger charge is 2.29. The molecule has 0 heterocycles. The van der Waals surface area contributed by atoms with Crippen molar-refractivity contribution in [3.63, 3.8) is 0 Å². The molecule has 2 rings (SSSR count). The van der Waals surface area contributed by atoms with Gasteiger partial charge >= 0.3 is 0 Å². The van der Waals surface area contributed by atoms with Gasteiger partial charge in [0.1, 0.15) is 11.9 Å². The van der Waals surface area contributed by atoms with Gasteiger partial charge in [-0.05, 0) is 37.5 Å². The Balaban J connectivity index is 2.14. The molecular weight excluding hydrogens is 435 g/mol.